The minimum atomic E-state index is 0. The third-order valence-electron chi connectivity index (χ3n) is 7.27. The predicted octanol–water partition coefficient (Wildman–Crippen LogP) is 5.45. The van der Waals surface area contributed by atoms with E-state index in [1.807, 2.05) is 66.3 Å². The summed E-state index contributed by atoms with van der Waals surface area (Å²) in [7, 11) is 0. The van der Waals surface area contributed by atoms with Crippen molar-refractivity contribution in [2.24, 2.45) is 0 Å². The van der Waals surface area contributed by atoms with Crippen molar-refractivity contribution < 1.29 is 29.1 Å². The van der Waals surface area contributed by atoms with Gasteiger partial charge in [0.05, 0.1) is 34.8 Å². The molecular weight excluding hydrogens is 566 g/mol. The van der Waals surface area contributed by atoms with E-state index in [2.05, 4.69) is 4.98 Å². The van der Waals surface area contributed by atoms with Gasteiger partial charge in [0.25, 0.3) is 0 Å². The van der Waals surface area contributed by atoms with Gasteiger partial charge < -0.3 is 24.1 Å². The second-order valence-corrected chi connectivity index (χ2v) is 10.2. The van der Waals surface area contributed by atoms with E-state index in [0.717, 1.165) is 67.2 Å². The number of imidazole rings is 1. The van der Waals surface area contributed by atoms with Crippen LogP contribution in [0.1, 0.15) is 66.2 Å². The summed E-state index contributed by atoms with van der Waals surface area (Å²) in [4.78, 5) is 48.1. The minimum Gasteiger partial charge on any atom is -0.657 e. The number of aromatic nitrogens is 6. The van der Waals surface area contributed by atoms with E-state index in [-0.39, 0.29) is 31.0 Å². The van der Waals surface area contributed by atoms with E-state index in [1.165, 1.54) is 0 Å². The van der Waals surface area contributed by atoms with Crippen LogP contribution in [0.4, 0.5) is 0 Å². The molecular formula is C32H28N6O2Zn. The second-order valence-electron chi connectivity index (χ2n) is 10.2. The zero-order valence-electron chi connectivity index (χ0n) is 23.4. The molecule has 41 heavy (non-hydrogen) atoms. The normalized spacial score (nSPS) is 12.0. The van der Waals surface area contributed by atoms with Gasteiger partial charge in [-0.15, -0.1) is 22.1 Å². The van der Waals surface area contributed by atoms with Gasteiger partial charge in [0.15, 0.2) is 0 Å². The number of rotatable bonds is 7. The maximum atomic E-state index is 11.9. The van der Waals surface area contributed by atoms with Gasteiger partial charge in [-0.1, -0.05) is 24.3 Å². The van der Waals surface area contributed by atoms with Crippen LogP contribution in [-0.2, 0) is 41.9 Å². The van der Waals surface area contributed by atoms with Crippen molar-refractivity contribution in [2.75, 3.05) is 0 Å². The van der Waals surface area contributed by atoms with Gasteiger partial charge in [0, 0.05) is 25.2 Å². The van der Waals surface area contributed by atoms with Gasteiger partial charge in [-0.3, -0.25) is 0 Å². The first-order valence-electron chi connectivity index (χ1n) is 13.3. The van der Waals surface area contributed by atoms with Gasteiger partial charge in [-0.25, -0.2) is 15.0 Å². The Bertz CT molecular complexity index is 1860. The van der Waals surface area contributed by atoms with Crippen LogP contribution in [-0.4, -0.2) is 31.1 Å². The summed E-state index contributed by atoms with van der Waals surface area (Å²) in [6.07, 6.45) is 15.1. The maximum absolute atomic E-state index is 11.9. The molecule has 0 amide bonds. The molecule has 0 saturated heterocycles. The maximum Gasteiger partial charge on any atom is 2.00 e. The number of fused-ring (bicyclic) bond motifs is 8. The molecule has 4 aromatic rings. The van der Waals surface area contributed by atoms with Crippen LogP contribution in [0, 0.1) is 6.92 Å². The van der Waals surface area contributed by atoms with Crippen molar-refractivity contribution in [3.05, 3.63) is 82.5 Å². The van der Waals surface area contributed by atoms with E-state index in [9.17, 15) is 9.59 Å². The molecule has 9 heteroatoms. The topological polar surface area (TPSA) is 106 Å². The molecule has 8 bridgehead atoms. The molecule has 0 spiro atoms. The molecule has 200 valence electrons. The van der Waals surface area contributed by atoms with Crippen molar-refractivity contribution in [1.82, 2.24) is 29.5 Å². The monoisotopic (exact) mass is 592 g/mol. The van der Waals surface area contributed by atoms with Crippen LogP contribution in [0.2, 0.25) is 0 Å². The fraction of sp³-hybridized carbons (Fsp3) is 0.219. The Labute approximate surface area is 250 Å². The van der Waals surface area contributed by atoms with Crippen molar-refractivity contribution in [3.63, 3.8) is 0 Å². The summed E-state index contributed by atoms with van der Waals surface area (Å²) < 4.78 is 1.90. The molecule has 8 nitrogen and oxygen atoms in total. The Kier molecular flexibility index (Phi) is 8.09. The van der Waals surface area contributed by atoms with Crippen molar-refractivity contribution in [3.8, 4) is 5.69 Å². The fourth-order valence-electron chi connectivity index (χ4n) is 5.10. The fourth-order valence-corrected chi connectivity index (χ4v) is 5.10. The van der Waals surface area contributed by atoms with Gasteiger partial charge >= 0.3 is 19.5 Å². The van der Waals surface area contributed by atoms with Gasteiger partial charge in [0.1, 0.15) is 11.6 Å². The van der Waals surface area contributed by atoms with Crippen LogP contribution >= 0.6 is 0 Å². The SMILES string of the molecule is CC(=O)CCc1c2nc(c(-n3ccnc3)c3ccc([n-]3)c(CCC(C)=O)c3nc(c(C)c4ccc1[n-]4)C=C3)C=C2.[Zn+2]. The van der Waals surface area contributed by atoms with Crippen LogP contribution in [0.25, 0.3) is 52.1 Å². The summed E-state index contributed by atoms with van der Waals surface area (Å²) >= 11 is 0. The third-order valence-corrected chi connectivity index (χ3v) is 7.27. The molecule has 6 heterocycles. The Morgan fingerprint density at radius 1 is 0.732 bits per heavy atom. The molecule has 2 aliphatic heterocycles. The number of hydrogen-bond acceptors (Lipinski definition) is 5. The van der Waals surface area contributed by atoms with Crippen LogP contribution in [0.3, 0.4) is 0 Å². The van der Waals surface area contributed by atoms with E-state index in [0.29, 0.717) is 25.7 Å². The minimum absolute atomic E-state index is 0. The standard InChI is InChI=1S/C32H28N6O2.Zn/c1-19(39)4-6-22-26-10-8-24(34-26)21(3)25-9-11-27(35-25)23(7-5-20(2)40)29-13-15-31(37-29)32(38-17-16-33-18-38)30-14-12-28(22)36-30;/h8-18H,4-7H2,1-3H3;/q-2;+2. The molecule has 0 N–H and O–H groups in total. The first-order valence-corrected chi connectivity index (χ1v) is 13.3. The Morgan fingerprint density at radius 2 is 1.24 bits per heavy atom. The summed E-state index contributed by atoms with van der Waals surface area (Å²) in [6.45, 7) is 5.22. The van der Waals surface area contributed by atoms with Crippen LogP contribution in [0.15, 0.2) is 43.0 Å². The molecule has 0 saturated carbocycles. The Morgan fingerprint density at radius 3 is 1.83 bits per heavy atom. The number of hydrogen-bond donors (Lipinski definition) is 0. The molecule has 0 radical (unpaired) electrons. The average Bonchev–Trinajstić information content (AvgIpc) is 3.76. The van der Waals surface area contributed by atoms with Gasteiger partial charge in [0.2, 0.25) is 0 Å². The van der Waals surface area contributed by atoms with E-state index < -0.39 is 0 Å². The quantitative estimate of drug-likeness (QED) is 0.227. The van der Waals surface area contributed by atoms with Crippen molar-refractivity contribution in [2.45, 2.75) is 46.5 Å². The van der Waals surface area contributed by atoms with Crippen LogP contribution in [0.5, 0.6) is 0 Å². The average molecular weight is 594 g/mol. The van der Waals surface area contributed by atoms with Crippen LogP contribution < -0.4 is 9.97 Å². The van der Waals surface area contributed by atoms with Gasteiger partial charge in [-0.2, -0.15) is 0 Å². The first-order chi connectivity index (χ1) is 19.4. The molecule has 0 aromatic carbocycles. The molecule has 2 aliphatic rings. The molecule has 6 rings (SSSR count). The summed E-state index contributed by atoms with van der Waals surface area (Å²) in [5.74, 6) is 0.232. The zero-order chi connectivity index (χ0) is 27.8. The molecule has 0 aliphatic carbocycles. The second kappa shape index (κ2) is 11.7. The third kappa shape index (κ3) is 5.68. The van der Waals surface area contributed by atoms with Gasteiger partial charge in [-0.05, 0) is 74.6 Å². The van der Waals surface area contributed by atoms with E-state index in [4.69, 9.17) is 19.9 Å². The molecule has 0 unspecified atom stereocenters. The summed E-state index contributed by atoms with van der Waals surface area (Å²) in [5.41, 5.74) is 9.84. The summed E-state index contributed by atoms with van der Waals surface area (Å²) in [5, 5.41) is 0. The predicted molar refractivity (Wildman–Crippen MR) is 157 cm³/mol. The molecule has 0 fully saturated rings. The van der Waals surface area contributed by atoms with E-state index in [1.54, 1.807) is 26.4 Å². The van der Waals surface area contributed by atoms with E-state index >= 15 is 0 Å². The number of aryl methyl sites for hydroxylation is 3. The largest absolute Gasteiger partial charge is 2.00 e. The Balaban J connectivity index is 0.00000337. The Hall–Kier alpha value is -4.23. The molecule has 0 atom stereocenters. The number of carbonyl (C=O) groups excluding carboxylic acids is 2. The first kappa shape index (κ1) is 28.3. The van der Waals surface area contributed by atoms with Crippen molar-refractivity contribution in [1.29, 1.82) is 0 Å². The number of nitrogens with zero attached hydrogens (tertiary/aromatic N) is 6. The number of ketones is 2. The van der Waals surface area contributed by atoms with Crippen molar-refractivity contribution >= 4 is 57.9 Å². The summed E-state index contributed by atoms with van der Waals surface area (Å²) in [6, 6.07) is 7.92. The smallest absolute Gasteiger partial charge is 0.657 e. The number of Topliss-reactive ketones (excluding diaryl/α,β-unsaturated/α-hetero) is 2. The number of carbonyl (C=O) groups is 2. The molecule has 4 aromatic heterocycles. The zero-order valence-corrected chi connectivity index (χ0v) is 26.4.